The van der Waals surface area contributed by atoms with Crippen LogP contribution in [0.2, 0.25) is 0 Å². The molecule has 2 aromatic carbocycles. The molecule has 2 aliphatic rings. The second-order valence-corrected chi connectivity index (χ2v) is 12.8. The summed E-state index contributed by atoms with van der Waals surface area (Å²) in [4.78, 5) is 13.4. The van der Waals surface area contributed by atoms with Crippen molar-refractivity contribution in [3.05, 3.63) is 76.9 Å². The number of para-hydroxylation sites is 2. The SMILES string of the molecule is CC(C)c1cccc(C(C)C)c1N1CCN(c2cccc(N3CCN(c4c(C(C)C)cccc4C(C)C)C3=N)n2)C1=N. The average Bonchev–Trinajstić information content (AvgIpc) is 3.53. The molecular formula is C35H47N7. The lowest BCUT2D eigenvalue weighted by Crippen LogP contribution is -2.36. The van der Waals surface area contributed by atoms with Gasteiger partial charge in [-0.3, -0.25) is 20.6 Å². The van der Waals surface area contributed by atoms with Crippen LogP contribution < -0.4 is 19.6 Å². The van der Waals surface area contributed by atoms with Crippen LogP contribution >= 0.6 is 0 Å². The van der Waals surface area contributed by atoms with Gasteiger partial charge in [0.05, 0.1) is 11.4 Å². The summed E-state index contributed by atoms with van der Waals surface area (Å²) in [6.07, 6.45) is 0. The van der Waals surface area contributed by atoms with Crippen LogP contribution in [0.4, 0.5) is 23.0 Å². The van der Waals surface area contributed by atoms with Crippen LogP contribution in [0, 0.1) is 10.8 Å². The molecule has 0 unspecified atom stereocenters. The summed E-state index contributed by atoms with van der Waals surface area (Å²) in [6, 6.07) is 19.1. The molecule has 0 spiro atoms. The number of pyridine rings is 1. The quantitative estimate of drug-likeness (QED) is 0.289. The highest BCUT2D eigenvalue weighted by molar-refractivity contribution is 6.09. The first-order valence-corrected chi connectivity index (χ1v) is 15.5. The largest absolute Gasteiger partial charge is 0.310 e. The van der Waals surface area contributed by atoms with Gasteiger partial charge in [0.1, 0.15) is 11.6 Å². The van der Waals surface area contributed by atoms with Crippen molar-refractivity contribution in [2.24, 2.45) is 0 Å². The minimum atomic E-state index is 0.364. The van der Waals surface area contributed by atoms with Crippen molar-refractivity contribution in [3.8, 4) is 0 Å². The summed E-state index contributed by atoms with van der Waals surface area (Å²) in [6.45, 7) is 20.7. The molecule has 3 aromatic rings. The number of nitrogens with zero attached hydrogens (tertiary/aromatic N) is 5. The first-order chi connectivity index (χ1) is 20.0. The Kier molecular flexibility index (Phi) is 8.31. The van der Waals surface area contributed by atoms with Crippen molar-refractivity contribution in [2.45, 2.75) is 79.1 Å². The Bertz CT molecular complexity index is 1310. The van der Waals surface area contributed by atoms with Crippen LogP contribution in [0.1, 0.15) is 101 Å². The zero-order chi connectivity index (χ0) is 30.3. The second kappa shape index (κ2) is 11.8. The molecule has 0 bridgehead atoms. The fraction of sp³-hybridized carbons (Fsp3) is 0.457. The number of benzene rings is 2. The van der Waals surface area contributed by atoms with Gasteiger partial charge in [-0.2, -0.15) is 0 Å². The van der Waals surface area contributed by atoms with Crippen molar-refractivity contribution >= 4 is 34.9 Å². The summed E-state index contributed by atoms with van der Waals surface area (Å²) >= 11 is 0. The number of anilines is 4. The maximum atomic E-state index is 9.25. The van der Waals surface area contributed by atoms with Gasteiger partial charge in [0.15, 0.2) is 0 Å². The normalized spacial score (nSPS) is 16.0. The van der Waals surface area contributed by atoms with Gasteiger partial charge < -0.3 is 9.80 Å². The third kappa shape index (κ3) is 5.25. The smallest absolute Gasteiger partial charge is 0.204 e. The fourth-order valence-corrected chi connectivity index (χ4v) is 6.36. The first-order valence-electron chi connectivity index (χ1n) is 15.5. The van der Waals surface area contributed by atoms with Crippen molar-refractivity contribution in [2.75, 3.05) is 45.8 Å². The van der Waals surface area contributed by atoms with Gasteiger partial charge in [-0.05, 0) is 58.1 Å². The molecule has 2 saturated heterocycles. The lowest BCUT2D eigenvalue weighted by molar-refractivity contribution is 0.824. The summed E-state index contributed by atoms with van der Waals surface area (Å²) in [5.74, 6) is 3.88. The molecule has 2 aliphatic heterocycles. The zero-order valence-electron chi connectivity index (χ0n) is 26.6. The van der Waals surface area contributed by atoms with E-state index in [0.717, 1.165) is 24.7 Å². The third-order valence-corrected chi connectivity index (χ3v) is 8.61. The fourth-order valence-electron chi connectivity index (χ4n) is 6.36. The third-order valence-electron chi connectivity index (χ3n) is 8.61. The van der Waals surface area contributed by atoms with Crippen molar-refractivity contribution in [3.63, 3.8) is 0 Å². The molecule has 0 atom stereocenters. The Labute approximate surface area is 252 Å². The minimum Gasteiger partial charge on any atom is -0.310 e. The average molecular weight is 566 g/mol. The predicted octanol–water partition coefficient (Wildman–Crippen LogP) is 8.10. The molecule has 222 valence electrons. The zero-order valence-corrected chi connectivity index (χ0v) is 26.6. The van der Waals surface area contributed by atoms with Crippen LogP contribution in [0.3, 0.4) is 0 Å². The van der Waals surface area contributed by atoms with Crippen molar-refractivity contribution < 1.29 is 0 Å². The maximum absolute atomic E-state index is 9.25. The number of aromatic nitrogens is 1. The molecule has 5 rings (SSSR count). The van der Waals surface area contributed by atoms with Crippen LogP contribution in [-0.4, -0.2) is 43.1 Å². The Hall–Kier alpha value is -3.87. The Morgan fingerprint density at radius 1 is 0.476 bits per heavy atom. The standard InChI is InChI=1S/C35H47N7/c1-22(2)26-12-9-13-27(23(3)4)32(26)41-20-18-39(34(41)36)30-16-11-17-31(38-30)40-19-21-42(35(40)37)33-28(24(5)6)14-10-15-29(33)25(7)8/h9-17,22-25,36-37H,18-21H2,1-8H3. The van der Waals surface area contributed by atoms with Crippen LogP contribution in [0.15, 0.2) is 54.6 Å². The second-order valence-electron chi connectivity index (χ2n) is 12.8. The number of rotatable bonds is 8. The first kappa shape index (κ1) is 29.6. The van der Waals surface area contributed by atoms with E-state index in [2.05, 4.69) is 102 Å². The van der Waals surface area contributed by atoms with Gasteiger partial charge in [0.2, 0.25) is 11.9 Å². The molecule has 7 nitrogen and oxygen atoms in total. The molecule has 3 heterocycles. The van der Waals surface area contributed by atoms with E-state index in [-0.39, 0.29) is 0 Å². The number of nitrogens with one attached hydrogen (secondary N) is 2. The van der Waals surface area contributed by atoms with E-state index in [0.29, 0.717) is 48.7 Å². The van der Waals surface area contributed by atoms with Crippen molar-refractivity contribution in [1.82, 2.24) is 4.98 Å². The van der Waals surface area contributed by atoms with Gasteiger partial charge in [0.25, 0.3) is 0 Å². The van der Waals surface area contributed by atoms with E-state index in [9.17, 15) is 10.8 Å². The number of guanidine groups is 2. The summed E-state index contributed by atoms with van der Waals surface area (Å²) in [7, 11) is 0. The molecule has 0 radical (unpaired) electrons. The molecule has 42 heavy (non-hydrogen) atoms. The number of hydrogen-bond donors (Lipinski definition) is 2. The van der Waals surface area contributed by atoms with Gasteiger partial charge in [-0.15, -0.1) is 0 Å². The van der Waals surface area contributed by atoms with Crippen LogP contribution in [-0.2, 0) is 0 Å². The topological polar surface area (TPSA) is 73.6 Å². The van der Waals surface area contributed by atoms with Crippen LogP contribution in [0.25, 0.3) is 0 Å². The van der Waals surface area contributed by atoms with E-state index in [1.165, 1.54) is 33.6 Å². The molecule has 2 fully saturated rings. The minimum absolute atomic E-state index is 0.364. The van der Waals surface area contributed by atoms with Gasteiger partial charge >= 0.3 is 0 Å². The Morgan fingerprint density at radius 2 is 0.762 bits per heavy atom. The monoisotopic (exact) mass is 565 g/mol. The molecule has 7 heteroatoms. The molecular weight excluding hydrogens is 518 g/mol. The highest BCUT2D eigenvalue weighted by Gasteiger charge is 2.34. The lowest BCUT2D eigenvalue weighted by Gasteiger charge is -2.29. The summed E-state index contributed by atoms with van der Waals surface area (Å²) in [5.41, 5.74) is 7.47. The highest BCUT2D eigenvalue weighted by Crippen LogP contribution is 2.39. The van der Waals surface area contributed by atoms with Gasteiger partial charge in [-0.1, -0.05) is 97.9 Å². The molecule has 2 N–H and O–H groups in total. The Morgan fingerprint density at radius 3 is 1.07 bits per heavy atom. The Balaban J connectivity index is 1.43. The molecule has 0 amide bonds. The van der Waals surface area contributed by atoms with Gasteiger partial charge in [-0.25, -0.2) is 4.98 Å². The summed E-state index contributed by atoms with van der Waals surface area (Å²) < 4.78 is 0. The number of hydrogen-bond acceptors (Lipinski definition) is 3. The lowest BCUT2D eigenvalue weighted by atomic mass is 9.92. The van der Waals surface area contributed by atoms with Crippen molar-refractivity contribution in [1.29, 1.82) is 10.8 Å². The molecule has 1 aromatic heterocycles. The maximum Gasteiger partial charge on any atom is 0.204 e. The highest BCUT2D eigenvalue weighted by atomic mass is 15.5. The van der Waals surface area contributed by atoms with E-state index >= 15 is 0 Å². The van der Waals surface area contributed by atoms with E-state index in [1.807, 2.05) is 28.0 Å². The molecule has 0 aliphatic carbocycles. The van der Waals surface area contributed by atoms with E-state index in [4.69, 9.17) is 4.98 Å². The summed E-state index contributed by atoms with van der Waals surface area (Å²) in [5, 5.41) is 18.5. The van der Waals surface area contributed by atoms with E-state index in [1.54, 1.807) is 0 Å². The molecule has 0 saturated carbocycles. The van der Waals surface area contributed by atoms with Gasteiger partial charge in [0, 0.05) is 26.2 Å². The van der Waals surface area contributed by atoms with Crippen LogP contribution in [0.5, 0.6) is 0 Å². The predicted molar refractivity (Wildman–Crippen MR) is 178 cm³/mol. The van der Waals surface area contributed by atoms with E-state index < -0.39 is 0 Å².